The van der Waals surface area contributed by atoms with E-state index in [9.17, 15) is 13.2 Å². The summed E-state index contributed by atoms with van der Waals surface area (Å²) in [6.07, 6.45) is -5.54. The van der Waals surface area contributed by atoms with E-state index in [1.165, 1.54) is 11.3 Å². The zero-order chi connectivity index (χ0) is 12.2. The average Bonchev–Trinajstić information content (AvgIpc) is 2.58. The van der Waals surface area contributed by atoms with Gasteiger partial charge in [0.1, 0.15) is 6.10 Å². The molecule has 6 heteroatoms. The topological polar surface area (TPSA) is 35.2 Å². The molecule has 0 spiro atoms. The highest BCUT2D eigenvalue weighted by molar-refractivity contribution is 7.10. The molecule has 0 amide bonds. The second kappa shape index (κ2) is 5.65. The molecule has 2 N–H and O–H groups in total. The molecule has 0 saturated heterocycles. The fourth-order valence-corrected chi connectivity index (χ4v) is 2.27. The molecular weight excluding hydrogens is 239 g/mol. The fourth-order valence-electron chi connectivity index (χ4n) is 1.28. The average molecular weight is 253 g/mol. The van der Waals surface area contributed by atoms with Crippen molar-refractivity contribution in [3.05, 3.63) is 21.9 Å². The molecule has 92 valence electrons. The van der Waals surface area contributed by atoms with Crippen LogP contribution in [0.15, 0.2) is 11.4 Å². The minimum absolute atomic E-state index is 0.194. The van der Waals surface area contributed by atoms with Crippen LogP contribution in [0.5, 0.6) is 0 Å². The summed E-state index contributed by atoms with van der Waals surface area (Å²) in [4.78, 5) is 0.907. The summed E-state index contributed by atoms with van der Waals surface area (Å²) < 4.78 is 40.9. The summed E-state index contributed by atoms with van der Waals surface area (Å²) in [6.45, 7) is 1.74. The van der Waals surface area contributed by atoms with Gasteiger partial charge < -0.3 is 10.5 Å². The molecule has 0 saturated carbocycles. The number of ether oxygens (including phenoxy) is 1. The van der Waals surface area contributed by atoms with E-state index >= 15 is 0 Å². The Hall–Kier alpha value is -0.590. The van der Waals surface area contributed by atoms with Gasteiger partial charge in [0, 0.05) is 11.4 Å². The van der Waals surface area contributed by atoms with Gasteiger partial charge in [-0.1, -0.05) is 0 Å². The maximum Gasteiger partial charge on any atom is 0.391 e. The zero-order valence-corrected chi connectivity index (χ0v) is 9.70. The maximum absolute atomic E-state index is 11.9. The summed E-state index contributed by atoms with van der Waals surface area (Å²) in [5.41, 5.74) is 6.49. The molecule has 1 aromatic heterocycles. The highest BCUT2D eigenvalue weighted by atomic mass is 32.1. The van der Waals surface area contributed by atoms with E-state index in [1.807, 2.05) is 18.4 Å². The first-order valence-corrected chi connectivity index (χ1v) is 5.74. The van der Waals surface area contributed by atoms with Crippen LogP contribution in [-0.2, 0) is 4.74 Å². The SMILES string of the molecule is Cc1ccsc1C(CN)OCCC(F)(F)F. The first kappa shape index (κ1) is 13.5. The number of halogens is 3. The monoisotopic (exact) mass is 253 g/mol. The van der Waals surface area contributed by atoms with Crippen LogP contribution in [0.3, 0.4) is 0 Å². The molecule has 16 heavy (non-hydrogen) atoms. The van der Waals surface area contributed by atoms with Gasteiger partial charge in [-0.05, 0) is 23.9 Å². The number of rotatable bonds is 5. The summed E-state index contributed by atoms with van der Waals surface area (Å²) in [5, 5.41) is 1.88. The number of aryl methyl sites for hydroxylation is 1. The Labute approximate surface area is 96.2 Å². The molecule has 0 aromatic carbocycles. The van der Waals surface area contributed by atoms with E-state index in [4.69, 9.17) is 10.5 Å². The van der Waals surface area contributed by atoms with Crippen LogP contribution in [0.25, 0.3) is 0 Å². The van der Waals surface area contributed by atoms with Gasteiger partial charge in [-0.2, -0.15) is 13.2 Å². The number of hydrogen-bond acceptors (Lipinski definition) is 3. The quantitative estimate of drug-likeness (QED) is 0.875. The van der Waals surface area contributed by atoms with E-state index in [1.54, 1.807) is 0 Å². The molecule has 0 fully saturated rings. The molecule has 0 aliphatic heterocycles. The fraction of sp³-hybridized carbons (Fsp3) is 0.600. The molecule has 2 nitrogen and oxygen atoms in total. The maximum atomic E-state index is 11.9. The van der Waals surface area contributed by atoms with Gasteiger partial charge >= 0.3 is 6.18 Å². The van der Waals surface area contributed by atoms with E-state index in [-0.39, 0.29) is 13.2 Å². The van der Waals surface area contributed by atoms with E-state index < -0.39 is 18.7 Å². The third-order valence-corrected chi connectivity index (χ3v) is 3.22. The van der Waals surface area contributed by atoms with Gasteiger partial charge in [0.2, 0.25) is 0 Å². The molecule has 1 atom stereocenters. The Morgan fingerprint density at radius 2 is 2.19 bits per heavy atom. The highest BCUT2D eigenvalue weighted by Gasteiger charge is 2.27. The Morgan fingerprint density at radius 1 is 1.50 bits per heavy atom. The van der Waals surface area contributed by atoms with Gasteiger partial charge in [0.15, 0.2) is 0 Å². The summed E-state index contributed by atoms with van der Waals surface area (Å²) in [6, 6.07) is 1.90. The summed E-state index contributed by atoms with van der Waals surface area (Å²) >= 11 is 1.45. The van der Waals surface area contributed by atoms with Crippen molar-refractivity contribution in [1.29, 1.82) is 0 Å². The van der Waals surface area contributed by atoms with Crippen molar-refractivity contribution in [3.8, 4) is 0 Å². The van der Waals surface area contributed by atoms with Crippen LogP contribution in [-0.4, -0.2) is 19.3 Å². The van der Waals surface area contributed by atoms with Crippen LogP contribution in [0.4, 0.5) is 13.2 Å². The smallest absolute Gasteiger partial charge is 0.371 e. The molecule has 0 bridgehead atoms. The first-order chi connectivity index (χ1) is 7.44. The molecule has 1 heterocycles. The van der Waals surface area contributed by atoms with Crippen molar-refractivity contribution in [2.24, 2.45) is 5.73 Å². The van der Waals surface area contributed by atoms with Crippen molar-refractivity contribution >= 4 is 11.3 Å². The van der Waals surface area contributed by atoms with Gasteiger partial charge in [0.05, 0.1) is 13.0 Å². The van der Waals surface area contributed by atoms with Gasteiger partial charge in [-0.25, -0.2) is 0 Å². The van der Waals surface area contributed by atoms with E-state index in [0.29, 0.717) is 0 Å². The summed E-state index contributed by atoms with van der Waals surface area (Å²) in [7, 11) is 0. The Kier molecular flexibility index (Phi) is 4.76. The predicted octanol–water partition coefficient (Wildman–Crippen LogP) is 3.03. The lowest BCUT2D eigenvalue weighted by Crippen LogP contribution is -2.19. The van der Waals surface area contributed by atoms with Crippen molar-refractivity contribution in [2.75, 3.05) is 13.2 Å². The third-order valence-electron chi connectivity index (χ3n) is 2.11. The number of alkyl halides is 3. The van der Waals surface area contributed by atoms with Crippen molar-refractivity contribution in [1.82, 2.24) is 0 Å². The zero-order valence-electron chi connectivity index (χ0n) is 8.88. The van der Waals surface area contributed by atoms with Gasteiger partial charge in [-0.3, -0.25) is 0 Å². The lowest BCUT2D eigenvalue weighted by molar-refractivity contribution is -0.148. The molecule has 1 unspecified atom stereocenters. The largest absolute Gasteiger partial charge is 0.391 e. The van der Waals surface area contributed by atoms with E-state index in [0.717, 1.165) is 10.4 Å². The molecule has 0 radical (unpaired) electrons. The minimum atomic E-state index is -4.18. The Balaban J connectivity index is 2.48. The van der Waals surface area contributed by atoms with Gasteiger partial charge in [-0.15, -0.1) is 11.3 Å². The molecule has 0 aliphatic rings. The number of nitrogens with two attached hydrogens (primary N) is 1. The molecule has 0 aliphatic carbocycles. The predicted molar refractivity (Wildman–Crippen MR) is 57.5 cm³/mol. The lowest BCUT2D eigenvalue weighted by Gasteiger charge is -2.16. The lowest BCUT2D eigenvalue weighted by atomic mass is 10.2. The standard InChI is InChI=1S/C10H14F3NOS/c1-7-2-5-16-9(7)8(6-14)15-4-3-10(11,12)13/h2,5,8H,3-4,6,14H2,1H3. The van der Waals surface area contributed by atoms with Crippen molar-refractivity contribution < 1.29 is 17.9 Å². The summed E-state index contributed by atoms with van der Waals surface area (Å²) in [5.74, 6) is 0. The molecule has 1 rings (SSSR count). The Morgan fingerprint density at radius 3 is 2.62 bits per heavy atom. The van der Waals surface area contributed by atoms with Crippen LogP contribution in [0.2, 0.25) is 0 Å². The minimum Gasteiger partial charge on any atom is -0.371 e. The number of thiophene rings is 1. The van der Waals surface area contributed by atoms with Crippen LogP contribution in [0, 0.1) is 6.92 Å². The van der Waals surface area contributed by atoms with Gasteiger partial charge in [0.25, 0.3) is 0 Å². The highest BCUT2D eigenvalue weighted by Crippen LogP contribution is 2.27. The number of hydrogen-bond donors (Lipinski definition) is 1. The van der Waals surface area contributed by atoms with Crippen molar-refractivity contribution in [3.63, 3.8) is 0 Å². The third kappa shape index (κ3) is 4.11. The second-order valence-electron chi connectivity index (χ2n) is 3.43. The molecule has 1 aromatic rings. The molecular formula is C10H14F3NOS. The normalized spacial score (nSPS) is 14.1. The first-order valence-electron chi connectivity index (χ1n) is 4.86. The Bertz CT molecular complexity index is 324. The second-order valence-corrected chi connectivity index (χ2v) is 4.38. The van der Waals surface area contributed by atoms with Crippen LogP contribution < -0.4 is 5.73 Å². The van der Waals surface area contributed by atoms with E-state index in [2.05, 4.69) is 0 Å². The van der Waals surface area contributed by atoms with Crippen LogP contribution in [0.1, 0.15) is 23.0 Å². The van der Waals surface area contributed by atoms with Crippen LogP contribution >= 0.6 is 11.3 Å². The van der Waals surface area contributed by atoms with Crippen molar-refractivity contribution in [2.45, 2.75) is 25.6 Å².